The summed E-state index contributed by atoms with van der Waals surface area (Å²) in [5, 5.41) is 17.9. The number of aliphatic carboxylic acids is 1. The van der Waals surface area contributed by atoms with Crippen LogP contribution in [0.2, 0.25) is 0 Å². The molecule has 0 spiro atoms. The van der Waals surface area contributed by atoms with Crippen molar-refractivity contribution in [1.82, 2.24) is 0 Å². The van der Waals surface area contributed by atoms with Crippen LogP contribution in [0.4, 0.5) is 17.1 Å². The monoisotopic (exact) mass is 370 g/mol. The normalized spacial score (nSPS) is 12.7. The zero-order valence-electron chi connectivity index (χ0n) is 14.2. The van der Waals surface area contributed by atoms with E-state index in [0.29, 0.717) is 5.56 Å². The van der Waals surface area contributed by atoms with E-state index in [1.165, 1.54) is 15.9 Å². The molecule has 130 valence electrons. The Kier molecular flexibility index (Phi) is 4.41. The lowest BCUT2D eigenvalue weighted by Gasteiger charge is -2.32. The minimum atomic E-state index is -1.22. The van der Waals surface area contributed by atoms with Crippen molar-refractivity contribution in [2.24, 2.45) is 0 Å². The fourth-order valence-electron chi connectivity index (χ4n) is 3.01. The van der Waals surface area contributed by atoms with E-state index in [4.69, 9.17) is 10.4 Å². The smallest absolute Gasteiger partial charge is 0.346 e. The number of nitrogens with zero attached hydrogens (tertiary/aromatic N) is 2. The Labute approximate surface area is 161 Å². The number of anilines is 3. The van der Waals surface area contributed by atoms with Crippen LogP contribution in [0.1, 0.15) is 5.56 Å². The van der Waals surface area contributed by atoms with E-state index < -0.39 is 5.97 Å². The molecule has 1 N–H and O–H groups in total. The first-order valence-electron chi connectivity index (χ1n) is 8.28. The van der Waals surface area contributed by atoms with E-state index in [1.54, 1.807) is 17.8 Å². The molecule has 0 saturated carbocycles. The average molecular weight is 370 g/mol. The van der Waals surface area contributed by atoms with Crippen LogP contribution in [0.15, 0.2) is 88.2 Å². The number of hydrogen-bond donors (Lipinski definition) is 1. The molecule has 0 bridgehead atoms. The standard InChI is InChI=1S/C22H14N2O2S/c23-14-16(22(25)26)13-15-9-11-17(12-10-15)24-18-5-1-3-7-20(18)27-21-8-4-2-6-19(21)24/h1-13H,(H,25,26)/b16-13+. The van der Waals surface area contributed by atoms with Gasteiger partial charge in [0.05, 0.1) is 11.4 Å². The molecule has 4 nitrogen and oxygen atoms in total. The van der Waals surface area contributed by atoms with Crippen LogP contribution in [0, 0.1) is 11.3 Å². The van der Waals surface area contributed by atoms with Crippen LogP contribution in [-0.4, -0.2) is 11.1 Å². The van der Waals surface area contributed by atoms with Gasteiger partial charge in [0.1, 0.15) is 11.6 Å². The molecule has 3 aromatic rings. The molecule has 1 heterocycles. The van der Waals surface area contributed by atoms with E-state index in [9.17, 15) is 4.79 Å². The number of nitriles is 1. The van der Waals surface area contributed by atoms with Gasteiger partial charge in [-0.3, -0.25) is 0 Å². The number of rotatable bonds is 3. The Balaban J connectivity index is 1.78. The lowest BCUT2D eigenvalue weighted by atomic mass is 10.1. The number of carboxylic acid groups (broad SMARTS) is 1. The predicted octanol–water partition coefficient (Wildman–Crippen LogP) is 5.61. The third-order valence-corrected chi connectivity index (χ3v) is 5.38. The van der Waals surface area contributed by atoms with Crippen molar-refractivity contribution >= 4 is 40.9 Å². The topological polar surface area (TPSA) is 64.3 Å². The quantitative estimate of drug-likeness (QED) is 0.375. The van der Waals surface area contributed by atoms with E-state index >= 15 is 0 Å². The average Bonchev–Trinajstić information content (AvgIpc) is 2.70. The van der Waals surface area contributed by atoms with Gasteiger partial charge in [-0.1, -0.05) is 48.2 Å². The van der Waals surface area contributed by atoms with Gasteiger partial charge in [-0.15, -0.1) is 0 Å². The van der Waals surface area contributed by atoms with Gasteiger partial charge in [0.2, 0.25) is 0 Å². The Morgan fingerprint density at radius 2 is 1.48 bits per heavy atom. The summed E-state index contributed by atoms with van der Waals surface area (Å²) in [6.45, 7) is 0. The second kappa shape index (κ2) is 7.02. The SMILES string of the molecule is N#C/C(=C\c1ccc(N2c3ccccc3Sc3ccccc32)cc1)C(=O)O. The number of carboxylic acids is 1. The minimum Gasteiger partial charge on any atom is -0.477 e. The third kappa shape index (κ3) is 3.19. The van der Waals surface area contributed by atoms with Crippen molar-refractivity contribution in [3.8, 4) is 6.07 Å². The Morgan fingerprint density at radius 3 is 2.00 bits per heavy atom. The maximum absolute atomic E-state index is 11.0. The number of hydrogen-bond acceptors (Lipinski definition) is 4. The largest absolute Gasteiger partial charge is 0.477 e. The van der Waals surface area contributed by atoms with Gasteiger partial charge < -0.3 is 10.0 Å². The van der Waals surface area contributed by atoms with Crippen LogP contribution in [-0.2, 0) is 4.79 Å². The van der Waals surface area contributed by atoms with Crippen molar-refractivity contribution in [2.45, 2.75) is 9.79 Å². The molecular weight excluding hydrogens is 356 g/mol. The minimum absolute atomic E-state index is 0.284. The molecule has 0 radical (unpaired) electrons. The van der Waals surface area contributed by atoms with Crippen molar-refractivity contribution in [2.75, 3.05) is 4.90 Å². The van der Waals surface area contributed by atoms with Crippen LogP contribution >= 0.6 is 11.8 Å². The summed E-state index contributed by atoms with van der Waals surface area (Å²) >= 11 is 1.75. The van der Waals surface area contributed by atoms with E-state index in [-0.39, 0.29) is 5.57 Å². The number of benzene rings is 3. The highest BCUT2D eigenvalue weighted by Crippen LogP contribution is 2.50. The molecule has 4 rings (SSSR count). The maximum Gasteiger partial charge on any atom is 0.346 e. The van der Waals surface area contributed by atoms with Crippen LogP contribution < -0.4 is 4.90 Å². The second-order valence-corrected chi connectivity index (χ2v) is 7.02. The number of carbonyl (C=O) groups is 1. The van der Waals surface area contributed by atoms with Gasteiger partial charge >= 0.3 is 5.97 Å². The zero-order chi connectivity index (χ0) is 18.8. The van der Waals surface area contributed by atoms with E-state index in [2.05, 4.69) is 29.2 Å². The van der Waals surface area contributed by atoms with Crippen molar-refractivity contribution < 1.29 is 9.90 Å². The molecule has 0 fully saturated rings. The maximum atomic E-state index is 11.0. The van der Waals surface area contributed by atoms with Gasteiger partial charge in [0, 0.05) is 15.5 Å². The molecule has 0 aromatic heterocycles. The van der Waals surface area contributed by atoms with Gasteiger partial charge in [0.25, 0.3) is 0 Å². The summed E-state index contributed by atoms with van der Waals surface area (Å²) in [4.78, 5) is 15.6. The third-order valence-electron chi connectivity index (χ3n) is 4.25. The molecule has 27 heavy (non-hydrogen) atoms. The number of fused-ring (bicyclic) bond motifs is 2. The number of para-hydroxylation sites is 2. The molecule has 3 aromatic carbocycles. The van der Waals surface area contributed by atoms with Crippen LogP contribution in [0.3, 0.4) is 0 Å². The summed E-state index contributed by atoms with van der Waals surface area (Å²) in [6, 6.07) is 25.7. The predicted molar refractivity (Wildman–Crippen MR) is 106 cm³/mol. The molecule has 0 saturated heterocycles. The highest BCUT2D eigenvalue weighted by atomic mass is 32.2. The van der Waals surface area contributed by atoms with Crippen LogP contribution in [0.5, 0.6) is 0 Å². The molecular formula is C22H14N2O2S. The molecule has 0 aliphatic carbocycles. The fourth-order valence-corrected chi connectivity index (χ4v) is 4.07. The Hall–Kier alpha value is -3.49. The molecule has 1 aliphatic heterocycles. The van der Waals surface area contributed by atoms with Crippen molar-refractivity contribution in [3.63, 3.8) is 0 Å². The Bertz CT molecular complexity index is 1050. The zero-order valence-corrected chi connectivity index (χ0v) is 15.0. The fraction of sp³-hybridized carbons (Fsp3) is 0. The first-order valence-corrected chi connectivity index (χ1v) is 9.10. The van der Waals surface area contributed by atoms with E-state index in [1.807, 2.05) is 48.5 Å². The van der Waals surface area contributed by atoms with Crippen molar-refractivity contribution in [1.29, 1.82) is 5.26 Å². The van der Waals surface area contributed by atoms with Gasteiger partial charge in [-0.2, -0.15) is 5.26 Å². The summed E-state index contributed by atoms with van der Waals surface area (Å²) in [6.07, 6.45) is 1.38. The molecule has 1 aliphatic rings. The second-order valence-electron chi connectivity index (χ2n) is 5.94. The molecule has 5 heteroatoms. The van der Waals surface area contributed by atoms with Gasteiger partial charge in [-0.05, 0) is 48.0 Å². The first-order chi connectivity index (χ1) is 13.2. The molecule has 0 unspecified atom stereocenters. The summed E-state index contributed by atoms with van der Waals surface area (Å²) in [5.41, 5.74) is 3.57. The summed E-state index contributed by atoms with van der Waals surface area (Å²) in [7, 11) is 0. The van der Waals surface area contributed by atoms with E-state index in [0.717, 1.165) is 17.1 Å². The van der Waals surface area contributed by atoms with Gasteiger partial charge in [-0.25, -0.2) is 4.79 Å². The van der Waals surface area contributed by atoms with Gasteiger partial charge in [0.15, 0.2) is 0 Å². The molecule has 0 atom stereocenters. The lowest BCUT2D eigenvalue weighted by Crippen LogP contribution is -2.14. The molecule has 0 amide bonds. The van der Waals surface area contributed by atoms with Crippen LogP contribution in [0.25, 0.3) is 6.08 Å². The highest BCUT2D eigenvalue weighted by molar-refractivity contribution is 7.99. The first kappa shape index (κ1) is 17.0. The Morgan fingerprint density at radius 1 is 0.926 bits per heavy atom. The lowest BCUT2D eigenvalue weighted by molar-refractivity contribution is -0.132. The van der Waals surface area contributed by atoms with Crippen molar-refractivity contribution in [3.05, 3.63) is 83.9 Å². The highest BCUT2D eigenvalue weighted by Gasteiger charge is 2.23. The summed E-state index contributed by atoms with van der Waals surface area (Å²) in [5.74, 6) is -1.22. The summed E-state index contributed by atoms with van der Waals surface area (Å²) < 4.78 is 0.